The fourth-order valence-electron chi connectivity index (χ4n) is 3.28. The Hall–Kier alpha value is -2.57. The Morgan fingerprint density at radius 1 is 1.12 bits per heavy atom. The van der Waals surface area contributed by atoms with Gasteiger partial charge in [-0.3, -0.25) is 9.59 Å². The number of nitrogens with one attached hydrogen (secondary N) is 1. The Balaban J connectivity index is 2.26. The third-order valence-corrected chi connectivity index (χ3v) is 4.59. The quantitative estimate of drug-likeness (QED) is 0.761. The Labute approximate surface area is 146 Å². The van der Waals surface area contributed by atoms with Gasteiger partial charge in [-0.1, -0.05) is 31.0 Å². The number of carbonyl (C=O) groups excluding carboxylic acids is 2. The first-order chi connectivity index (χ1) is 12.0. The van der Waals surface area contributed by atoms with E-state index in [1.165, 1.54) is 14.2 Å². The molecule has 136 valence electrons. The molecule has 0 unspecified atom stereocenters. The van der Waals surface area contributed by atoms with Crippen molar-refractivity contribution in [2.75, 3.05) is 14.2 Å². The van der Waals surface area contributed by atoms with Gasteiger partial charge in [0.2, 0.25) is 5.91 Å². The molecule has 1 aliphatic rings. The van der Waals surface area contributed by atoms with Gasteiger partial charge in [-0.15, -0.1) is 0 Å². The number of rotatable bonds is 6. The molecule has 1 aromatic rings. The lowest BCUT2D eigenvalue weighted by Crippen LogP contribution is -2.43. The molecule has 1 amide bonds. The zero-order valence-corrected chi connectivity index (χ0v) is 14.4. The van der Waals surface area contributed by atoms with Crippen molar-refractivity contribution < 1.29 is 29.0 Å². The molecule has 2 rings (SSSR count). The summed E-state index contributed by atoms with van der Waals surface area (Å²) in [6.07, 6.45) is 2.53. The summed E-state index contributed by atoms with van der Waals surface area (Å²) in [6.45, 7) is 0. The number of para-hydroxylation sites is 1. The molecule has 3 atom stereocenters. The molecule has 0 heterocycles. The summed E-state index contributed by atoms with van der Waals surface area (Å²) in [5.74, 6) is -3.02. The highest BCUT2D eigenvalue weighted by atomic mass is 16.5. The summed E-state index contributed by atoms with van der Waals surface area (Å²) in [5.41, 5.74) is 0.466. The van der Waals surface area contributed by atoms with Crippen LogP contribution in [-0.4, -0.2) is 37.2 Å². The fourth-order valence-corrected chi connectivity index (χ4v) is 3.28. The van der Waals surface area contributed by atoms with Gasteiger partial charge >= 0.3 is 11.9 Å². The number of carboxylic acid groups (broad SMARTS) is 1. The van der Waals surface area contributed by atoms with Crippen molar-refractivity contribution in [3.8, 4) is 5.75 Å². The van der Waals surface area contributed by atoms with Gasteiger partial charge in [0.1, 0.15) is 5.75 Å². The molecule has 1 fully saturated rings. The van der Waals surface area contributed by atoms with Gasteiger partial charge in [0.25, 0.3) is 0 Å². The first-order valence-electron chi connectivity index (χ1n) is 8.23. The number of aliphatic carboxylic acids is 1. The highest BCUT2D eigenvalue weighted by Crippen LogP contribution is 2.32. The molecule has 0 spiro atoms. The van der Waals surface area contributed by atoms with Crippen LogP contribution in [0.2, 0.25) is 0 Å². The lowest BCUT2D eigenvalue weighted by atomic mass is 9.78. The highest BCUT2D eigenvalue weighted by molar-refractivity contribution is 5.89. The summed E-state index contributed by atoms with van der Waals surface area (Å²) in [4.78, 5) is 36.3. The molecule has 0 aromatic heterocycles. The summed E-state index contributed by atoms with van der Waals surface area (Å²) in [7, 11) is 2.70. The van der Waals surface area contributed by atoms with Crippen LogP contribution in [0.25, 0.3) is 0 Å². The molecule has 7 heteroatoms. The molecule has 7 nitrogen and oxygen atoms in total. The minimum Gasteiger partial charge on any atom is -0.496 e. The second-order valence-corrected chi connectivity index (χ2v) is 6.04. The average Bonchev–Trinajstić information content (AvgIpc) is 2.65. The maximum Gasteiger partial charge on any atom is 0.333 e. The number of carboxylic acids is 1. The van der Waals surface area contributed by atoms with Crippen molar-refractivity contribution in [1.82, 2.24) is 5.32 Å². The van der Waals surface area contributed by atoms with Crippen LogP contribution in [0.5, 0.6) is 5.75 Å². The van der Waals surface area contributed by atoms with Gasteiger partial charge in [-0.05, 0) is 18.9 Å². The van der Waals surface area contributed by atoms with Crippen LogP contribution in [0.3, 0.4) is 0 Å². The first-order valence-corrected chi connectivity index (χ1v) is 8.23. The van der Waals surface area contributed by atoms with Crippen LogP contribution in [0.15, 0.2) is 24.3 Å². The van der Waals surface area contributed by atoms with Crippen LogP contribution in [-0.2, 0) is 19.1 Å². The zero-order valence-electron chi connectivity index (χ0n) is 14.4. The van der Waals surface area contributed by atoms with E-state index < -0.39 is 35.7 Å². The first kappa shape index (κ1) is 18.8. The predicted octanol–water partition coefficient (Wildman–Crippen LogP) is 1.92. The molecule has 25 heavy (non-hydrogen) atoms. The molecule has 0 bridgehead atoms. The minimum absolute atomic E-state index is 0.441. The van der Waals surface area contributed by atoms with E-state index in [0.717, 1.165) is 12.8 Å². The number of esters is 1. The summed E-state index contributed by atoms with van der Waals surface area (Å²) in [6, 6.07) is 5.76. The maximum atomic E-state index is 12.7. The number of methoxy groups -OCH3 is 2. The van der Waals surface area contributed by atoms with E-state index in [1.54, 1.807) is 24.3 Å². The molecule has 0 aliphatic heterocycles. The van der Waals surface area contributed by atoms with Crippen LogP contribution in [0.4, 0.5) is 0 Å². The lowest BCUT2D eigenvalue weighted by Gasteiger charge is -2.29. The molecular formula is C18H23NO6. The number of carbonyl (C=O) groups is 3. The van der Waals surface area contributed by atoms with E-state index in [-0.39, 0.29) is 0 Å². The van der Waals surface area contributed by atoms with Gasteiger partial charge in [0.05, 0.1) is 26.1 Å². The number of benzene rings is 1. The Morgan fingerprint density at radius 3 is 2.36 bits per heavy atom. The number of amides is 1. The molecule has 0 radical (unpaired) electrons. The van der Waals surface area contributed by atoms with Crippen molar-refractivity contribution in [2.45, 2.75) is 31.7 Å². The third kappa shape index (κ3) is 4.29. The maximum absolute atomic E-state index is 12.7. The van der Waals surface area contributed by atoms with Crippen LogP contribution in [0, 0.1) is 11.8 Å². The number of hydrogen-bond donors (Lipinski definition) is 2. The Bertz CT molecular complexity index is 644. The second kappa shape index (κ2) is 8.50. The van der Waals surface area contributed by atoms with Crippen LogP contribution in [0.1, 0.15) is 37.3 Å². The molecule has 1 aromatic carbocycles. The SMILES string of the molecule is COC(=O)[C@H](NC(=O)[C@@H]1CCCC[C@@H]1C(=O)O)c1ccccc1OC. The predicted molar refractivity (Wildman–Crippen MR) is 89.0 cm³/mol. The average molecular weight is 349 g/mol. The van der Waals surface area contributed by atoms with Crippen LogP contribution >= 0.6 is 0 Å². The standard InChI is InChI=1S/C18H23NO6/c1-24-14-10-6-5-9-13(14)15(18(23)25-2)19-16(20)11-7-3-4-8-12(11)17(21)22/h5-6,9-12,15H,3-4,7-8H2,1-2H3,(H,19,20)(H,21,22)/t11-,12+,15-/m1/s1. The summed E-state index contributed by atoms with van der Waals surface area (Å²) >= 11 is 0. The minimum atomic E-state index is -1.05. The third-order valence-electron chi connectivity index (χ3n) is 4.59. The van der Waals surface area contributed by atoms with Gasteiger partial charge in [-0.25, -0.2) is 4.79 Å². The monoisotopic (exact) mass is 349 g/mol. The smallest absolute Gasteiger partial charge is 0.333 e. The molecular weight excluding hydrogens is 326 g/mol. The van der Waals surface area contributed by atoms with E-state index in [9.17, 15) is 19.5 Å². The zero-order chi connectivity index (χ0) is 18.4. The highest BCUT2D eigenvalue weighted by Gasteiger charge is 2.38. The van der Waals surface area contributed by atoms with E-state index >= 15 is 0 Å². The van der Waals surface area contributed by atoms with Gasteiger partial charge in [-0.2, -0.15) is 0 Å². The summed E-state index contributed by atoms with van der Waals surface area (Å²) in [5, 5.41) is 12.0. The van der Waals surface area contributed by atoms with Crippen LogP contribution < -0.4 is 10.1 Å². The van der Waals surface area contributed by atoms with Gasteiger partial charge in [0, 0.05) is 5.56 Å². The summed E-state index contributed by atoms with van der Waals surface area (Å²) < 4.78 is 10.1. The van der Waals surface area contributed by atoms with Crippen molar-refractivity contribution in [3.05, 3.63) is 29.8 Å². The van der Waals surface area contributed by atoms with E-state index in [0.29, 0.717) is 24.2 Å². The fraction of sp³-hybridized carbons (Fsp3) is 0.500. The molecule has 0 saturated heterocycles. The largest absolute Gasteiger partial charge is 0.496 e. The second-order valence-electron chi connectivity index (χ2n) is 6.04. The molecule has 1 aliphatic carbocycles. The van der Waals surface area contributed by atoms with Crippen molar-refractivity contribution in [1.29, 1.82) is 0 Å². The molecule has 2 N–H and O–H groups in total. The van der Waals surface area contributed by atoms with Crippen molar-refractivity contribution in [2.24, 2.45) is 11.8 Å². The van der Waals surface area contributed by atoms with E-state index in [2.05, 4.69) is 5.32 Å². The normalized spacial score (nSPS) is 21.0. The topological polar surface area (TPSA) is 102 Å². The van der Waals surface area contributed by atoms with E-state index in [1.807, 2.05) is 0 Å². The lowest BCUT2D eigenvalue weighted by molar-refractivity contribution is -0.150. The van der Waals surface area contributed by atoms with Crippen molar-refractivity contribution >= 4 is 17.8 Å². The van der Waals surface area contributed by atoms with E-state index in [4.69, 9.17) is 9.47 Å². The van der Waals surface area contributed by atoms with Crippen molar-refractivity contribution in [3.63, 3.8) is 0 Å². The van der Waals surface area contributed by atoms with Gasteiger partial charge < -0.3 is 19.9 Å². The number of ether oxygens (including phenoxy) is 2. The molecule has 1 saturated carbocycles. The number of hydrogen-bond acceptors (Lipinski definition) is 5. The Kier molecular flexibility index (Phi) is 6.38. The van der Waals surface area contributed by atoms with Gasteiger partial charge in [0.15, 0.2) is 6.04 Å². The Morgan fingerprint density at radius 2 is 1.76 bits per heavy atom.